The molecule has 1 aliphatic heterocycles. The molecule has 3 aromatic carbocycles. The second-order valence-electron chi connectivity index (χ2n) is 9.82. The number of likely N-dealkylation sites (tertiary alicyclic amines) is 1. The van der Waals surface area contributed by atoms with Gasteiger partial charge in [-0.3, -0.25) is 9.59 Å². The van der Waals surface area contributed by atoms with E-state index in [9.17, 15) is 18.4 Å². The number of nitrogens with zero attached hydrogens (tertiary/aromatic N) is 1. The van der Waals surface area contributed by atoms with E-state index in [-0.39, 0.29) is 25.3 Å². The van der Waals surface area contributed by atoms with Crippen LogP contribution in [0.3, 0.4) is 0 Å². The maximum Gasteiger partial charge on any atom is 0.243 e. The highest BCUT2D eigenvalue weighted by molar-refractivity contribution is 5.89. The smallest absolute Gasteiger partial charge is 0.243 e. The molecule has 0 unspecified atom stereocenters. The van der Waals surface area contributed by atoms with Crippen LogP contribution in [0.2, 0.25) is 0 Å². The third-order valence-corrected chi connectivity index (χ3v) is 6.88. The molecule has 0 aromatic heterocycles. The molecule has 1 N–H and O–H groups in total. The van der Waals surface area contributed by atoms with Crippen LogP contribution in [0, 0.1) is 12.7 Å². The van der Waals surface area contributed by atoms with Gasteiger partial charge in [-0.15, -0.1) is 0 Å². The van der Waals surface area contributed by atoms with Crippen molar-refractivity contribution >= 4 is 11.8 Å². The normalized spacial score (nSPS) is 18.3. The number of carbonyl (C=O) groups excluding carboxylic acids is 2. The second-order valence-corrected chi connectivity index (χ2v) is 9.82. The number of hydrogen-bond donors (Lipinski definition) is 1. The molecule has 36 heavy (non-hydrogen) atoms. The summed E-state index contributed by atoms with van der Waals surface area (Å²) in [5, 5.41) is 3.07. The highest BCUT2D eigenvalue weighted by atomic mass is 19.1. The minimum absolute atomic E-state index is 0.0620. The highest BCUT2D eigenvalue weighted by Crippen LogP contribution is 2.27. The minimum atomic E-state index is -1.29. The van der Waals surface area contributed by atoms with Gasteiger partial charge in [-0.1, -0.05) is 74.5 Å². The summed E-state index contributed by atoms with van der Waals surface area (Å²) >= 11 is 0. The Bertz CT molecular complexity index is 1210. The molecule has 3 atom stereocenters. The van der Waals surface area contributed by atoms with Gasteiger partial charge in [0, 0.05) is 6.42 Å². The van der Waals surface area contributed by atoms with E-state index in [1.54, 1.807) is 13.0 Å². The van der Waals surface area contributed by atoms with Crippen molar-refractivity contribution in [3.8, 4) is 0 Å². The summed E-state index contributed by atoms with van der Waals surface area (Å²) in [5.74, 6) is -0.843. The molecule has 4 rings (SSSR count). The van der Waals surface area contributed by atoms with E-state index < -0.39 is 30.0 Å². The number of aryl methyl sites for hydroxylation is 1. The van der Waals surface area contributed by atoms with E-state index in [0.29, 0.717) is 11.5 Å². The van der Waals surface area contributed by atoms with Crippen LogP contribution in [0.5, 0.6) is 0 Å². The van der Waals surface area contributed by atoms with E-state index in [1.807, 2.05) is 54.6 Å². The zero-order chi connectivity index (χ0) is 25.8. The summed E-state index contributed by atoms with van der Waals surface area (Å²) in [6.07, 6.45) is -1.44. The van der Waals surface area contributed by atoms with Gasteiger partial charge in [0.1, 0.15) is 18.0 Å². The fraction of sp³-hybridized carbons (Fsp3) is 0.333. The lowest BCUT2D eigenvalue weighted by Gasteiger charge is -2.27. The number of nitrogens with one attached hydrogen (secondary N) is 1. The average molecular weight is 491 g/mol. The van der Waals surface area contributed by atoms with E-state index in [4.69, 9.17) is 0 Å². The molecule has 6 heteroatoms. The number of hydrogen-bond acceptors (Lipinski definition) is 2. The molecular weight excluding hydrogens is 458 g/mol. The number of carbonyl (C=O) groups is 2. The van der Waals surface area contributed by atoms with Crippen molar-refractivity contribution in [2.45, 2.75) is 57.8 Å². The maximum atomic E-state index is 14.5. The summed E-state index contributed by atoms with van der Waals surface area (Å²) < 4.78 is 28.2. The molecule has 1 heterocycles. The van der Waals surface area contributed by atoms with Gasteiger partial charge in [0.25, 0.3) is 0 Å². The summed E-state index contributed by atoms with van der Waals surface area (Å²) in [4.78, 5) is 27.9. The lowest BCUT2D eigenvalue weighted by molar-refractivity contribution is -0.138. The van der Waals surface area contributed by atoms with Gasteiger partial charge in [0.2, 0.25) is 11.8 Å². The van der Waals surface area contributed by atoms with Crippen LogP contribution in [0.25, 0.3) is 0 Å². The summed E-state index contributed by atoms with van der Waals surface area (Å²) in [7, 11) is 0. The topological polar surface area (TPSA) is 49.4 Å². The van der Waals surface area contributed by atoms with Crippen LogP contribution in [-0.2, 0) is 16.0 Å². The average Bonchev–Trinajstić information content (AvgIpc) is 3.27. The monoisotopic (exact) mass is 490 g/mol. The predicted molar refractivity (Wildman–Crippen MR) is 137 cm³/mol. The largest absolute Gasteiger partial charge is 0.343 e. The van der Waals surface area contributed by atoms with Crippen molar-refractivity contribution in [3.05, 3.63) is 106 Å². The van der Waals surface area contributed by atoms with Crippen molar-refractivity contribution in [1.82, 2.24) is 10.2 Å². The molecule has 188 valence electrons. The zero-order valence-corrected chi connectivity index (χ0v) is 20.9. The van der Waals surface area contributed by atoms with Gasteiger partial charge >= 0.3 is 0 Å². The highest BCUT2D eigenvalue weighted by Gasteiger charge is 2.40. The molecule has 0 radical (unpaired) electrons. The standard InChI is InChI=1S/C30H32F2N2O2/c1-19(2)21-10-12-23(13-11-21)29(22-7-5-4-6-8-22)33-30(36)27-17-26(32)18-34(27)28(35)16-24-15-25(31)14-9-20(24)3/h4-15,19,26-27,29H,16-18H2,1-3H3,(H,33,36)/t26-,27+,29+/m1/s1. The molecule has 0 bridgehead atoms. The number of benzene rings is 3. The Balaban J connectivity index is 1.56. The molecule has 1 aliphatic rings. The van der Waals surface area contributed by atoms with Crippen LogP contribution >= 0.6 is 0 Å². The summed E-state index contributed by atoms with van der Waals surface area (Å²) in [6, 6.07) is 20.6. The molecule has 3 aromatic rings. The fourth-order valence-corrected chi connectivity index (χ4v) is 4.72. The molecular formula is C30H32F2N2O2. The van der Waals surface area contributed by atoms with Crippen molar-refractivity contribution < 1.29 is 18.4 Å². The van der Waals surface area contributed by atoms with Gasteiger partial charge in [-0.25, -0.2) is 8.78 Å². The lowest BCUT2D eigenvalue weighted by Crippen LogP contribution is -2.47. The summed E-state index contributed by atoms with van der Waals surface area (Å²) in [6.45, 7) is 5.89. The Morgan fingerprint density at radius 1 is 0.972 bits per heavy atom. The second kappa shape index (κ2) is 11.0. The third kappa shape index (κ3) is 5.81. The lowest BCUT2D eigenvalue weighted by atomic mass is 9.95. The minimum Gasteiger partial charge on any atom is -0.343 e. The van der Waals surface area contributed by atoms with Crippen molar-refractivity contribution in [2.24, 2.45) is 0 Å². The molecule has 0 saturated carbocycles. The molecule has 0 spiro atoms. The third-order valence-electron chi connectivity index (χ3n) is 6.88. The number of rotatable bonds is 7. The first-order valence-electron chi connectivity index (χ1n) is 12.4. The van der Waals surface area contributed by atoms with Crippen LogP contribution < -0.4 is 5.32 Å². The van der Waals surface area contributed by atoms with Gasteiger partial charge in [-0.2, -0.15) is 0 Å². The Morgan fingerprint density at radius 3 is 2.28 bits per heavy atom. The van der Waals surface area contributed by atoms with Crippen molar-refractivity contribution in [1.29, 1.82) is 0 Å². The first-order valence-corrected chi connectivity index (χ1v) is 12.4. The van der Waals surface area contributed by atoms with Crippen molar-refractivity contribution in [2.75, 3.05) is 6.54 Å². The Labute approximate surface area is 211 Å². The van der Waals surface area contributed by atoms with E-state index in [2.05, 4.69) is 19.2 Å². The predicted octanol–water partition coefficient (Wildman–Crippen LogP) is 5.64. The Hall–Kier alpha value is -3.54. The van der Waals surface area contributed by atoms with Crippen molar-refractivity contribution in [3.63, 3.8) is 0 Å². The van der Waals surface area contributed by atoms with Crippen LogP contribution in [-0.4, -0.2) is 35.5 Å². The first-order chi connectivity index (χ1) is 17.2. The van der Waals surface area contributed by atoms with Gasteiger partial charge in [0.15, 0.2) is 0 Å². The van der Waals surface area contributed by atoms with Crippen LogP contribution in [0.4, 0.5) is 8.78 Å². The molecule has 1 fully saturated rings. The van der Waals surface area contributed by atoms with Crippen LogP contribution in [0.15, 0.2) is 72.8 Å². The van der Waals surface area contributed by atoms with Gasteiger partial charge in [0.05, 0.1) is 19.0 Å². The Kier molecular flexibility index (Phi) is 7.82. The fourth-order valence-electron chi connectivity index (χ4n) is 4.72. The van der Waals surface area contributed by atoms with Gasteiger partial charge in [-0.05, 0) is 52.8 Å². The quantitative estimate of drug-likeness (QED) is 0.466. The molecule has 1 saturated heterocycles. The van der Waals surface area contributed by atoms with Gasteiger partial charge < -0.3 is 10.2 Å². The molecule has 2 amide bonds. The number of alkyl halides is 1. The van der Waals surface area contributed by atoms with Crippen LogP contribution in [0.1, 0.15) is 60.0 Å². The number of halogens is 2. The number of amides is 2. The Morgan fingerprint density at radius 2 is 1.61 bits per heavy atom. The summed E-state index contributed by atoms with van der Waals surface area (Å²) in [5.41, 5.74) is 4.30. The molecule has 0 aliphatic carbocycles. The maximum absolute atomic E-state index is 14.5. The van der Waals surface area contributed by atoms with E-state index in [0.717, 1.165) is 16.7 Å². The SMILES string of the molecule is Cc1ccc(F)cc1CC(=O)N1C[C@H](F)C[C@H]1C(=O)N[C@@H](c1ccccc1)c1ccc(C(C)C)cc1. The molecule has 4 nitrogen and oxygen atoms in total. The zero-order valence-electron chi connectivity index (χ0n) is 20.9. The van der Waals surface area contributed by atoms with E-state index >= 15 is 0 Å². The van der Waals surface area contributed by atoms with E-state index in [1.165, 1.54) is 22.6 Å². The first kappa shape index (κ1) is 25.5.